The van der Waals surface area contributed by atoms with E-state index in [9.17, 15) is 9.59 Å². The summed E-state index contributed by atoms with van der Waals surface area (Å²) in [5, 5.41) is 0. The fourth-order valence-corrected chi connectivity index (χ4v) is 2.11. The van der Waals surface area contributed by atoms with E-state index in [1.165, 1.54) is 12.2 Å². The molecule has 0 aromatic heterocycles. The zero-order valence-electron chi connectivity index (χ0n) is 13.1. The van der Waals surface area contributed by atoms with Crippen molar-refractivity contribution in [2.24, 2.45) is 5.92 Å². The molecule has 0 aromatic rings. The average molecular weight is 291 g/mol. The molecule has 0 aromatic carbocycles. The molecule has 21 heavy (non-hydrogen) atoms. The minimum Gasteiger partial charge on any atom is -0.352 e. The maximum absolute atomic E-state index is 11.4. The minimum absolute atomic E-state index is 0.0509. The highest BCUT2D eigenvalue weighted by Gasteiger charge is 2.34. The number of ketones is 1. The van der Waals surface area contributed by atoms with Crippen LogP contribution in [-0.2, 0) is 14.3 Å². The highest BCUT2D eigenvalue weighted by Crippen LogP contribution is 2.26. The van der Waals surface area contributed by atoms with Crippen LogP contribution in [0.5, 0.6) is 0 Å². The molecule has 4 heteroatoms. The van der Waals surface area contributed by atoms with Crippen molar-refractivity contribution in [3.05, 3.63) is 37.0 Å². The van der Waals surface area contributed by atoms with Gasteiger partial charge in [0, 0.05) is 12.0 Å². The third-order valence-electron chi connectivity index (χ3n) is 3.76. The Morgan fingerprint density at radius 2 is 2.00 bits per heavy atom. The Morgan fingerprint density at radius 1 is 1.38 bits per heavy atom. The molecular formula is C17H25NO3. The molecule has 1 unspecified atom stereocenters. The summed E-state index contributed by atoms with van der Waals surface area (Å²) in [5.74, 6) is -0.218. The van der Waals surface area contributed by atoms with Crippen molar-refractivity contribution >= 4 is 12.1 Å². The van der Waals surface area contributed by atoms with Crippen LogP contribution in [0.3, 0.4) is 0 Å². The molecule has 0 fully saturated rings. The lowest BCUT2D eigenvalue weighted by molar-refractivity contribution is -0.124. The minimum atomic E-state index is -0.766. The fourth-order valence-electron chi connectivity index (χ4n) is 2.11. The number of hydrogen-bond donors (Lipinski definition) is 0. The maximum atomic E-state index is 11.4. The summed E-state index contributed by atoms with van der Waals surface area (Å²) in [6.07, 6.45) is 10.8. The first-order valence-electron chi connectivity index (χ1n) is 7.30. The van der Waals surface area contributed by atoms with E-state index in [2.05, 4.69) is 20.4 Å². The van der Waals surface area contributed by atoms with E-state index in [1.807, 2.05) is 11.9 Å². The second kappa shape index (κ2) is 8.05. The van der Waals surface area contributed by atoms with Crippen LogP contribution in [0.4, 0.5) is 0 Å². The van der Waals surface area contributed by atoms with E-state index in [1.54, 1.807) is 18.2 Å². The van der Waals surface area contributed by atoms with Gasteiger partial charge in [0.05, 0.1) is 6.61 Å². The summed E-state index contributed by atoms with van der Waals surface area (Å²) >= 11 is 0. The van der Waals surface area contributed by atoms with Gasteiger partial charge in [-0.1, -0.05) is 6.08 Å². The molecule has 0 bridgehead atoms. The number of allylic oxidation sites excluding steroid dienone is 3. The number of likely N-dealkylation sites (N-methyl/N-ethyl adjacent to an activating group) is 1. The third kappa shape index (κ3) is 4.76. The topological polar surface area (TPSA) is 46.6 Å². The first-order valence-corrected chi connectivity index (χ1v) is 7.30. The predicted octanol–water partition coefficient (Wildman–Crippen LogP) is 2.52. The second-order valence-corrected chi connectivity index (χ2v) is 5.60. The average Bonchev–Trinajstić information content (AvgIpc) is 2.48. The Hall–Kier alpha value is -1.52. The van der Waals surface area contributed by atoms with Crippen molar-refractivity contribution in [1.29, 1.82) is 0 Å². The lowest BCUT2D eigenvalue weighted by atomic mass is 10.0. The van der Waals surface area contributed by atoms with Gasteiger partial charge in [-0.2, -0.15) is 0 Å². The lowest BCUT2D eigenvalue weighted by Crippen LogP contribution is -2.50. The van der Waals surface area contributed by atoms with Gasteiger partial charge < -0.3 is 9.53 Å². The van der Waals surface area contributed by atoms with Crippen molar-refractivity contribution in [2.45, 2.75) is 38.5 Å². The maximum Gasteiger partial charge on any atom is 0.178 e. The van der Waals surface area contributed by atoms with Gasteiger partial charge in [0.2, 0.25) is 0 Å². The molecule has 1 aliphatic rings. The van der Waals surface area contributed by atoms with E-state index >= 15 is 0 Å². The summed E-state index contributed by atoms with van der Waals surface area (Å²) in [4.78, 5) is 24.5. The first kappa shape index (κ1) is 17.5. The van der Waals surface area contributed by atoms with Gasteiger partial charge in [0.15, 0.2) is 11.5 Å². The van der Waals surface area contributed by atoms with Crippen molar-refractivity contribution in [3.63, 3.8) is 0 Å². The fraction of sp³-hybridized carbons (Fsp3) is 0.529. The van der Waals surface area contributed by atoms with Crippen LogP contribution in [0, 0.1) is 5.92 Å². The molecule has 0 amide bonds. The molecule has 4 nitrogen and oxygen atoms in total. The third-order valence-corrected chi connectivity index (χ3v) is 3.76. The van der Waals surface area contributed by atoms with Gasteiger partial charge in [-0.15, -0.1) is 6.58 Å². The van der Waals surface area contributed by atoms with Crippen LogP contribution in [0.15, 0.2) is 37.0 Å². The molecule has 0 saturated heterocycles. The largest absolute Gasteiger partial charge is 0.352 e. The van der Waals surface area contributed by atoms with Gasteiger partial charge in [-0.05, 0) is 58.0 Å². The molecule has 1 rings (SSSR count). The van der Waals surface area contributed by atoms with E-state index in [0.29, 0.717) is 6.61 Å². The first-order chi connectivity index (χ1) is 9.95. The van der Waals surface area contributed by atoms with Crippen LogP contribution in [0.1, 0.15) is 26.7 Å². The number of carbonyl (C=O) groups is 2. The SMILES string of the molecule is C=CCCC(C=O)COC1(N(C)C(C)C)C=CC(=O)C=C1. The lowest BCUT2D eigenvalue weighted by Gasteiger charge is -2.41. The quantitative estimate of drug-likeness (QED) is 0.372. The van der Waals surface area contributed by atoms with Crippen molar-refractivity contribution in [2.75, 3.05) is 13.7 Å². The molecule has 0 radical (unpaired) electrons. The second-order valence-electron chi connectivity index (χ2n) is 5.60. The molecule has 0 spiro atoms. The molecule has 0 heterocycles. The Bertz CT molecular complexity index is 421. The molecule has 0 saturated carbocycles. The van der Waals surface area contributed by atoms with Gasteiger partial charge in [-0.3, -0.25) is 9.69 Å². The Labute approximate surface area is 127 Å². The smallest absolute Gasteiger partial charge is 0.178 e. The van der Waals surface area contributed by atoms with E-state index in [4.69, 9.17) is 4.74 Å². The predicted molar refractivity (Wildman–Crippen MR) is 83.9 cm³/mol. The number of hydrogen-bond acceptors (Lipinski definition) is 4. The summed E-state index contributed by atoms with van der Waals surface area (Å²) in [7, 11) is 1.94. The zero-order valence-corrected chi connectivity index (χ0v) is 13.1. The van der Waals surface area contributed by atoms with Crippen LogP contribution >= 0.6 is 0 Å². The van der Waals surface area contributed by atoms with E-state index < -0.39 is 5.72 Å². The van der Waals surface area contributed by atoms with Gasteiger partial charge in [0.1, 0.15) is 6.29 Å². The van der Waals surface area contributed by atoms with E-state index in [-0.39, 0.29) is 17.7 Å². The normalized spacial score (nSPS) is 18.2. The van der Waals surface area contributed by atoms with E-state index in [0.717, 1.165) is 19.1 Å². The van der Waals surface area contributed by atoms with Crippen molar-refractivity contribution in [3.8, 4) is 0 Å². The zero-order chi connectivity index (χ0) is 15.9. The van der Waals surface area contributed by atoms with Crippen molar-refractivity contribution in [1.82, 2.24) is 4.90 Å². The van der Waals surface area contributed by atoms with Crippen LogP contribution in [-0.4, -0.2) is 42.4 Å². The highest BCUT2D eigenvalue weighted by atomic mass is 16.5. The Morgan fingerprint density at radius 3 is 2.48 bits per heavy atom. The van der Waals surface area contributed by atoms with Crippen LogP contribution < -0.4 is 0 Å². The standard InChI is InChI=1S/C17H25NO3/c1-5-6-7-15(12-19)13-21-17(18(4)14(2)3)10-8-16(20)9-11-17/h5,8-12,14-15H,1,6-7,13H2,2-4H3. The number of carbonyl (C=O) groups excluding carboxylic acids is 2. The van der Waals surface area contributed by atoms with Crippen LogP contribution in [0.25, 0.3) is 0 Å². The highest BCUT2D eigenvalue weighted by molar-refractivity contribution is 6.00. The summed E-state index contributed by atoms with van der Waals surface area (Å²) < 4.78 is 6.03. The molecule has 116 valence electrons. The van der Waals surface area contributed by atoms with Crippen molar-refractivity contribution < 1.29 is 14.3 Å². The summed E-state index contributed by atoms with van der Waals surface area (Å²) in [6, 6.07) is 0.232. The van der Waals surface area contributed by atoms with Gasteiger partial charge in [0.25, 0.3) is 0 Å². The number of aldehydes is 1. The number of rotatable bonds is 9. The van der Waals surface area contributed by atoms with Crippen LogP contribution in [0.2, 0.25) is 0 Å². The number of ether oxygens (including phenoxy) is 1. The summed E-state index contributed by atoms with van der Waals surface area (Å²) in [6.45, 7) is 8.09. The molecule has 0 aliphatic heterocycles. The molecule has 0 N–H and O–H groups in total. The molecular weight excluding hydrogens is 266 g/mol. The Kier molecular flexibility index (Phi) is 6.72. The van der Waals surface area contributed by atoms with Gasteiger partial charge >= 0.3 is 0 Å². The monoisotopic (exact) mass is 291 g/mol. The van der Waals surface area contributed by atoms with Gasteiger partial charge in [-0.25, -0.2) is 0 Å². The summed E-state index contributed by atoms with van der Waals surface area (Å²) in [5.41, 5.74) is -0.766. The Balaban J connectivity index is 2.82. The molecule has 1 atom stereocenters. The number of nitrogens with zero attached hydrogens (tertiary/aromatic N) is 1. The molecule has 1 aliphatic carbocycles.